The van der Waals surface area contributed by atoms with Crippen LogP contribution in [0.4, 0.5) is 0 Å². The molecule has 0 unspecified atom stereocenters. The van der Waals surface area contributed by atoms with Gasteiger partial charge in [-0.05, 0) is 36.1 Å². The zero-order valence-electron chi connectivity index (χ0n) is 16.5. The Kier molecular flexibility index (Phi) is 5.87. The lowest BCUT2D eigenvalue weighted by atomic mass is 10.0. The van der Waals surface area contributed by atoms with Gasteiger partial charge in [-0.2, -0.15) is 0 Å². The Balaban J connectivity index is 1.61. The van der Waals surface area contributed by atoms with Crippen LogP contribution in [0.25, 0.3) is 0 Å². The molecule has 148 valence electrons. The molecule has 3 rings (SSSR count). The van der Waals surface area contributed by atoms with Gasteiger partial charge in [0.15, 0.2) is 11.5 Å². The molecule has 0 spiro atoms. The molecule has 1 aliphatic rings. The molecule has 0 heterocycles. The van der Waals surface area contributed by atoms with Crippen molar-refractivity contribution in [2.24, 2.45) is 5.41 Å². The van der Waals surface area contributed by atoms with Crippen molar-refractivity contribution >= 4 is 11.8 Å². The van der Waals surface area contributed by atoms with Crippen LogP contribution in [0, 0.1) is 5.41 Å². The highest BCUT2D eigenvalue weighted by Gasteiger charge is 2.57. The molecule has 0 atom stereocenters. The van der Waals surface area contributed by atoms with Crippen molar-refractivity contribution in [1.82, 2.24) is 10.2 Å². The van der Waals surface area contributed by atoms with E-state index in [1.54, 1.807) is 32.2 Å². The maximum Gasteiger partial charge on any atom is 0.238 e. The van der Waals surface area contributed by atoms with Gasteiger partial charge in [-0.15, -0.1) is 0 Å². The summed E-state index contributed by atoms with van der Waals surface area (Å²) in [6.07, 6.45) is 1.17. The molecule has 1 N–H and O–H groups in total. The molecule has 1 aliphatic carbocycles. The van der Waals surface area contributed by atoms with Gasteiger partial charge < -0.3 is 19.7 Å². The Labute approximate surface area is 165 Å². The molecule has 0 aromatic heterocycles. The number of nitrogens with zero attached hydrogens (tertiary/aromatic N) is 1. The van der Waals surface area contributed by atoms with Gasteiger partial charge in [0.2, 0.25) is 11.8 Å². The Morgan fingerprint density at radius 2 is 1.68 bits per heavy atom. The number of hydrogen-bond acceptors (Lipinski definition) is 4. The largest absolute Gasteiger partial charge is 0.493 e. The standard InChI is InChI=1S/C22H26N2O4/c1-24(15-16-7-5-4-6-8-16)21(26)22(11-12-22)20(25)23-14-17-9-10-18(27-2)19(13-17)28-3/h4-10,13H,11-12,14-15H2,1-3H3,(H,23,25). The minimum Gasteiger partial charge on any atom is -0.493 e. The van der Waals surface area contributed by atoms with Crippen molar-refractivity contribution in [2.75, 3.05) is 21.3 Å². The molecule has 2 amide bonds. The third kappa shape index (κ3) is 4.11. The number of nitrogens with one attached hydrogen (secondary N) is 1. The predicted molar refractivity (Wildman–Crippen MR) is 106 cm³/mol. The van der Waals surface area contributed by atoms with E-state index in [1.165, 1.54) is 0 Å². The van der Waals surface area contributed by atoms with Gasteiger partial charge in [0, 0.05) is 20.1 Å². The van der Waals surface area contributed by atoms with Crippen LogP contribution < -0.4 is 14.8 Å². The third-order valence-electron chi connectivity index (χ3n) is 5.10. The molecule has 2 aromatic rings. The highest BCUT2D eigenvalue weighted by atomic mass is 16.5. The lowest BCUT2D eigenvalue weighted by Crippen LogP contribution is -2.43. The maximum absolute atomic E-state index is 12.9. The minimum atomic E-state index is -0.930. The summed E-state index contributed by atoms with van der Waals surface area (Å²) in [6, 6.07) is 15.3. The summed E-state index contributed by atoms with van der Waals surface area (Å²) in [7, 11) is 4.89. The third-order valence-corrected chi connectivity index (χ3v) is 5.10. The van der Waals surface area contributed by atoms with Crippen LogP contribution in [0.1, 0.15) is 24.0 Å². The fourth-order valence-electron chi connectivity index (χ4n) is 3.30. The second-order valence-electron chi connectivity index (χ2n) is 7.10. The smallest absolute Gasteiger partial charge is 0.238 e. The van der Waals surface area contributed by atoms with E-state index >= 15 is 0 Å². The van der Waals surface area contributed by atoms with E-state index in [0.29, 0.717) is 37.4 Å². The van der Waals surface area contributed by atoms with Gasteiger partial charge in [-0.1, -0.05) is 36.4 Å². The number of hydrogen-bond donors (Lipinski definition) is 1. The first-order valence-corrected chi connectivity index (χ1v) is 9.29. The summed E-state index contributed by atoms with van der Waals surface area (Å²) in [6.45, 7) is 0.820. The summed E-state index contributed by atoms with van der Waals surface area (Å²) in [5.74, 6) is 0.899. The summed E-state index contributed by atoms with van der Waals surface area (Å²) < 4.78 is 10.5. The number of amides is 2. The minimum absolute atomic E-state index is 0.124. The second kappa shape index (κ2) is 8.33. The van der Waals surface area contributed by atoms with Crippen molar-refractivity contribution in [3.05, 3.63) is 59.7 Å². The van der Waals surface area contributed by atoms with Crippen molar-refractivity contribution in [1.29, 1.82) is 0 Å². The Morgan fingerprint density at radius 1 is 1.00 bits per heavy atom. The van der Waals surface area contributed by atoms with Gasteiger partial charge in [0.1, 0.15) is 5.41 Å². The summed E-state index contributed by atoms with van der Waals surface area (Å²) >= 11 is 0. The quantitative estimate of drug-likeness (QED) is 0.713. The Bertz CT molecular complexity index is 847. The highest BCUT2D eigenvalue weighted by molar-refractivity contribution is 6.07. The van der Waals surface area contributed by atoms with Crippen LogP contribution >= 0.6 is 0 Å². The summed E-state index contributed by atoms with van der Waals surface area (Å²) in [5, 5.41) is 2.91. The number of carbonyl (C=O) groups excluding carboxylic acids is 2. The summed E-state index contributed by atoms with van der Waals surface area (Å²) in [4.78, 5) is 27.3. The van der Waals surface area contributed by atoms with Crippen LogP contribution in [0.2, 0.25) is 0 Å². The molecular weight excluding hydrogens is 356 g/mol. The molecule has 6 nitrogen and oxygen atoms in total. The molecule has 2 aromatic carbocycles. The van der Waals surface area contributed by atoms with Crippen LogP contribution in [0.5, 0.6) is 11.5 Å². The molecule has 0 saturated heterocycles. The Hall–Kier alpha value is -3.02. The van der Waals surface area contributed by atoms with Crippen LogP contribution in [0.15, 0.2) is 48.5 Å². The first-order chi connectivity index (χ1) is 13.5. The molecular formula is C22H26N2O4. The number of methoxy groups -OCH3 is 2. The van der Waals surface area contributed by atoms with Crippen LogP contribution in [0.3, 0.4) is 0 Å². The summed E-state index contributed by atoms with van der Waals surface area (Å²) in [5.41, 5.74) is 0.992. The van der Waals surface area contributed by atoms with Gasteiger partial charge in [-0.3, -0.25) is 9.59 Å². The second-order valence-corrected chi connectivity index (χ2v) is 7.10. The lowest BCUT2D eigenvalue weighted by Gasteiger charge is -2.23. The van der Waals surface area contributed by atoms with E-state index in [1.807, 2.05) is 42.5 Å². The predicted octanol–water partition coefficient (Wildman–Crippen LogP) is 2.76. The van der Waals surface area contributed by atoms with E-state index in [0.717, 1.165) is 11.1 Å². The molecule has 0 bridgehead atoms. The lowest BCUT2D eigenvalue weighted by molar-refractivity contribution is -0.143. The fourth-order valence-corrected chi connectivity index (χ4v) is 3.30. The number of benzene rings is 2. The van der Waals surface area contributed by atoms with Gasteiger partial charge in [0.25, 0.3) is 0 Å². The zero-order valence-corrected chi connectivity index (χ0v) is 16.5. The average molecular weight is 382 g/mol. The van der Waals surface area contributed by atoms with Gasteiger partial charge >= 0.3 is 0 Å². The molecule has 0 radical (unpaired) electrons. The number of ether oxygens (including phenoxy) is 2. The first kappa shape index (κ1) is 19.7. The molecule has 1 fully saturated rings. The monoisotopic (exact) mass is 382 g/mol. The van der Waals surface area contributed by atoms with Crippen molar-refractivity contribution in [2.45, 2.75) is 25.9 Å². The Morgan fingerprint density at radius 3 is 2.29 bits per heavy atom. The van der Waals surface area contributed by atoms with Crippen molar-refractivity contribution in [3.63, 3.8) is 0 Å². The average Bonchev–Trinajstić information content (AvgIpc) is 3.54. The highest BCUT2D eigenvalue weighted by Crippen LogP contribution is 2.47. The van der Waals surface area contributed by atoms with E-state index in [-0.39, 0.29) is 11.8 Å². The normalized spacial score (nSPS) is 14.1. The fraction of sp³-hybridized carbons (Fsp3) is 0.364. The molecule has 6 heteroatoms. The van der Waals surface area contributed by atoms with E-state index in [4.69, 9.17) is 9.47 Å². The van der Waals surface area contributed by atoms with Gasteiger partial charge in [0.05, 0.1) is 14.2 Å². The van der Waals surface area contributed by atoms with Gasteiger partial charge in [-0.25, -0.2) is 0 Å². The van der Waals surface area contributed by atoms with Crippen molar-refractivity contribution < 1.29 is 19.1 Å². The van der Waals surface area contributed by atoms with E-state index < -0.39 is 5.41 Å². The van der Waals surface area contributed by atoms with Crippen LogP contribution in [-0.2, 0) is 22.7 Å². The van der Waals surface area contributed by atoms with E-state index in [9.17, 15) is 9.59 Å². The topological polar surface area (TPSA) is 67.9 Å². The molecule has 1 saturated carbocycles. The molecule has 0 aliphatic heterocycles. The number of carbonyl (C=O) groups is 2. The first-order valence-electron chi connectivity index (χ1n) is 9.29. The van der Waals surface area contributed by atoms with Crippen LogP contribution in [-0.4, -0.2) is 38.0 Å². The maximum atomic E-state index is 12.9. The molecule has 28 heavy (non-hydrogen) atoms. The zero-order chi connectivity index (χ0) is 20.1. The SMILES string of the molecule is COc1ccc(CNC(=O)C2(C(=O)N(C)Cc3ccccc3)CC2)cc1OC. The van der Waals surface area contributed by atoms with E-state index in [2.05, 4.69) is 5.32 Å². The number of rotatable bonds is 8. The van der Waals surface area contributed by atoms with Crippen molar-refractivity contribution in [3.8, 4) is 11.5 Å².